The number of nitrogens with one attached hydrogen (secondary N) is 1. The van der Waals surface area contributed by atoms with E-state index in [2.05, 4.69) is 5.32 Å². The van der Waals surface area contributed by atoms with Gasteiger partial charge in [-0.2, -0.15) is 0 Å². The van der Waals surface area contributed by atoms with Crippen LogP contribution in [0.15, 0.2) is 18.2 Å². The summed E-state index contributed by atoms with van der Waals surface area (Å²) in [6.07, 6.45) is 0. The molecule has 0 bridgehead atoms. The first-order valence-electron chi connectivity index (χ1n) is 7.61. The summed E-state index contributed by atoms with van der Waals surface area (Å²) in [5.74, 6) is -1.92. The largest absolute Gasteiger partial charge is 0.508 e. The van der Waals surface area contributed by atoms with Gasteiger partial charge in [0.15, 0.2) is 0 Å². The summed E-state index contributed by atoms with van der Waals surface area (Å²) < 4.78 is 13.8. The Bertz CT molecular complexity index is 665. The van der Waals surface area contributed by atoms with E-state index in [1.165, 1.54) is 17.9 Å². The van der Waals surface area contributed by atoms with Gasteiger partial charge < -0.3 is 20.2 Å². The standard InChI is InChI=1S/C16H20FN3O4/c1-10-9-19(5-6-20(10)15(23)8-18-11(2)21)16(24)13-7-12(22)3-4-14(13)17/h3-4,7,10,22H,5-6,8-9H2,1-2H3,(H,18,21)/t10-/m1/s1. The molecule has 0 aromatic heterocycles. The number of phenols is 1. The van der Waals surface area contributed by atoms with E-state index in [0.29, 0.717) is 6.54 Å². The average Bonchev–Trinajstić information content (AvgIpc) is 2.54. The van der Waals surface area contributed by atoms with Crippen LogP contribution in [0.5, 0.6) is 5.75 Å². The zero-order valence-electron chi connectivity index (χ0n) is 13.6. The van der Waals surface area contributed by atoms with Gasteiger partial charge in [0.25, 0.3) is 5.91 Å². The van der Waals surface area contributed by atoms with Crippen molar-refractivity contribution >= 4 is 17.7 Å². The zero-order valence-corrected chi connectivity index (χ0v) is 13.6. The van der Waals surface area contributed by atoms with Crippen molar-refractivity contribution < 1.29 is 23.9 Å². The number of halogens is 1. The Kier molecular flexibility index (Phi) is 5.38. The predicted molar refractivity (Wildman–Crippen MR) is 83.8 cm³/mol. The number of hydrogen-bond acceptors (Lipinski definition) is 4. The van der Waals surface area contributed by atoms with Crippen LogP contribution in [-0.2, 0) is 9.59 Å². The van der Waals surface area contributed by atoms with Gasteiger partial charge in [-0.05, 0) is 25.1 Å². The minimum atomic E-state index is -0.699. The highest BCUT2D eigenvalue weighted by molar-refractivity contribution is 5.95. The lowest BCUT2D eigenvalue weighted by Crippen LogP contribution is -2.57. The average molecular weight is 337 g/mol. The summed E-state index contributed by atoms with van der Waals surface area (Å²) in [4.78, 5) is 38.4. The summed E-state index contributed by atoms with van der Waals surface area (Å²) in [6, 6.07) is 3.05. The number of carbonyl (C=O) groups excluding carboxylic acids is 3. The SMILES string of the molecule is CC(=O)NCC(=O)N1CCN(C(=O)c2cc(O)ccc2F)C[C@H]1C. The molecule has 1 atom stereocenters. The summed E-state index contributed by atoms with van der Waals surface area (Å²) in [6.45, 7) is 3.82. The maximum Gasteiger partial charge on any atom is 0.257 e. The van der Waals surface area contributed by atoms with Crippen molar-refractivity contribution in [1.82, 2.24) is 15.1 Å². The van der Waals surface area contributed by atoms with Crippen LogP contribution in [-0.4, -0.2) is 64.8 Å². The molecule has 3 amide bonds. The van der Waals surface area contributed by atoms with Crippen LogP contribution in [0, 0.1) is 5.82 Å². The van der Waals surface area contributed by atoms with Crippen LogP contribution in [0.1, 0.15) is 24.2 Å². The summed E-state index contributed by atoms with van der Waals surface area (Å²) in [7, 11) is 0. The van der Waals surface area contributed by atoms with Crippen molar-refractivity contribution in [1.29, 1.82) is 0 Å². The molecule has 7 nitrogen and oxygen atoms in total. The predicted octanol–water partition coefficient (Wildman–Crippen LogP) is 0.340. The van der Waals surface area contributed by atoms with E-state index in [1.54, 1.807) is 11.8 Å². The van der Waals surface area contributed by atoms with Crippen LogP contribution >= 0.6 is 0 Å². The number of aromatic hydroxyl groups is 1. The molecular formula is C16H20FN3O4. The van der Waals surface area contributed by atoms with E-state index >= 15 is 0 Å². The van der Waals surface area contributed by atoms with Crippen molar-refractivity contribution in [2.45, 2.75) is 19.9 Å². The van der Waals surface area contributed by atoms with Gasteiger partial charge in [0, 0.05) is 32.6 Å². The second-order valence-electron chi connectivity index (χ2n) is 5.76. The van der Waals surface area contributed by atoms with E-state index in [9.17, 15) is 23.9 Å². The first kappa shape index (κ1) is 17.7. The summed E-state index contributed by atoms with van der Waals surface area (Å²) >= 11 is 0. The summed E-state index contributed by atoms with van der Waals surface area (Å²) in [5, 5.41) is 11.9. The van der Waals surface area contributed by atoms with Crippen LogP contribution in [0.25, 0.3) is 0 Å². The number of phenolic OH excluding ortho intramolecular Hbond substituents is 1. The Morgan fingerprint density at radius 3 is 2.67 bits per heavy atom. The van der Waals surface area contributed by atoms with Crippen molar-refractivity contribution in [3.63, 3.8) is 0 Å². The third kappa shape index (κ3) is 4.01. The van der Waals surface area contributed by atoms with E-state index < -0.39 is 11.7 Å². The Hall–Kier alpha value is -2.64. The lowest BCUT2D eigenvalue weighted by atomic mass is 10.1. The third-order valence-corrected chi connectivity index (χ3v) is 3.90. The number of rotatable bonds is 3. The molecule has 24 heavy (non-hydrogen) atoms. The summed E-state index contributed by atoms with van der Waals surface area (Å²) in [5.41, 5.74) is -0.194. The fourth-order valence-corrected chi connectivity index (χ4v) is 2.66. The molecule has 2 N–H and O–H groups in total. The number of benzene rings is 1. The lowest BCUT2D eigenvalue weighted by molar-refractivity contribution is -0.136. The Morgan fingerprint density at radius 2 is 2.04 bits per heavy atom. The maximum atomic E-state index is 13.8. The molecule has 8 heteroatoms. The smallest absolute Gasteiger partial charge is 0.257 e. The molecule has 1 saturated heterocycles. The highest BCUT2D eigenvalue weighted by Gasteiger charge is 2.31. The lowest BCUT2D eigenvalue weighted by Gasteiger charge is -2.40. The number of piperazine rings is 1. The first-order valence-corrected chi connectivity index (χ1v) is 7.61. The van der Waals surface area contributed by atoms with Gasteiger partial charge in [0.2, 0.25) is 11.8 Å². The second kappa shape index (κ2) is 7.29. The normalized spacial score (nSPS) is 17.5. The molecule has 1 aromatic rings. The quantitative estimate of drug-likeness (QED) is 0.832. The van der Waals surface area contributed by atoms with E-state index in [0.717, 1.165) is 12.1 Å². The molecule has 0 spiro atoms. The Morgan fingerprint density at radius 1 is 1.33 bits per heavy atom. The molecule has 0 aliphatic carbocycles. The van der Waals surface area contributed by atoms with Gasteiger partial charge in [0.05, 0.1) is 12.1 Å². The monoisotopic (exact) mass is 337 g/mol. The van der Waals surface area contributed by atoms with Gasteiger partial charge in [-0.1, -0.05) is 0 Å². The van der Waals surface area contributed by atoms with Gasteiger partial charge in [0.1, 0.15) is 11.6 Å². The van der Waals surface area contributed by atoms with Gasteiger partial charge in [-0.15, -0.1) is 0 Å². The Labute approximate surface area is 139 Å². The van der Waals surface area contributed by atoms with Crippen LogP contribution < -0.4 is 5.32 Å². The highest BCUT2D eigenvalue weighted by Crippen LogP contribution is 2.19. The molecule has 0 radical (unpaired) electrons. The molecule has 1 aromatic carbocycles. The topological polar surface area (TPSA) is 90.0 Å². The Balaban J connectivity index is 2.02. The molecule has 1 aliphatic heterocycles. The molecule has 1 heterocycles. The van der Waals surface area contributed by atoms with Crippen LogP contribution in [0.4, 0.5) is 4.39 Å². The van der Waals surface area contributed by atoms with Gasteiger partial charge in [-0.3, -0.25) is 14.4 Å². The van der Waals surface area contributed by atoms with E-state index in [-0.39, 0.29) is 48.8 Å². The molecule has 1 aliphatic rings. The number of amides is 3. The van der Waals surface area contributed by atoms with Crippen molar-refractivity contribution in [3.05, 3.63) is 29.6 Å². The van der Waals surface area contributed by atoms with E-state index in [1.807, 2.05) is 0 Å². The zero-order chi connectivity index (χ0) is 17.9. The third-order valence-electron chi connectivity index (χ3n) is 3.90. The molecular weight excluding hydrogens is 317 g/mol. The number of hydrogen-bond donors (Lipinski definition) is 2. The highest BCUT2D eigenvalue weighted by atomic mass is 19.1. The molecule has 0 unspecified atom stereocenters. The van der Waals surface area contributed by atoms with Gasteiger partial charge >= 0.3 is 0 Å². The van der Waals surface area contributed by atoms with Gasteiger partial charge in [-0.25, -0.2) is 4.39 Å². The fourth-order valence-electron chi connectivity index (χ4n) is 2.66. The van der Waals surface area contributed by atoms with E-state index in [4.69, 9.17) is 0 Å². The first-order chi connectivity index (χ1) is 11.3. The molecule has 1 fully saturated rings. The van der Waals surface area contributed by atoms with Crippen LogP contribution in [0.2, 0.25) is 0 Å². The minimum Gasteiger partial charge on any atom is -0.508 e. The fraction of sp³-hybridized carbons (Fsp3) is 0.438. The van der Waals surface area contributed by atoms with Crippen molar-refractivity contribution in [3.8, 4) is 5.75 Å². The van der Waals surface area contributed by atoms with Crippen LogP contribution in [0.3, 0.4) is 0 Å². The van der Waals surface area contributed by atoms with Crippen molar-refractivity contribution in [2.24, 2.45) is 0 Å². The number of carbonyl (C=O) groups is 3. The van der Waals surface area contributed by atoms with Crippen molar-refractivity contribution in [2.75, 3.05) is 26.2 Å². The number of nitrogens with zero attached hydrogens (tertiary/aromatic N) is 2. The molecule has 0 saturated carbocycles. The minimum absolute atomic E-state index is 0.0885. The molecule has 2 rings (SSSR count). The molecule has 130 valence electrons. The second-order valence-corrected chi connectivity index (χ2v) is 5.76. The maximum absolute atomic E-state index is 13.8.